The number of carbonyl (C=O) groups excluding carboxylic acids is 1. The molecule has 1 aromatic heterocycles. The first-order valence-electron chi connectivity index (χ1n) is 10.3. The number of nitrogens with one attached hydrogen (secondary N) is 1. The molecule has 0 radical (unpaired) electrons. The van der Waals surface area contributed by atoms with Crippen LogP contribution in [-0.4, -0.2) is 59.2 Å². The SMILES string of the molecule is Cc1nc(N2CCOCC2)[nH]c(=O)c1CCC(=O)N(C1CC1)[C@H](C)C1CC1. The molecule has 2 heterocycles. The summed E-state index contributed by atoms with van der Waals surface area (Å²) in [7, 11) is 0. The van der Waals surface area contributed by atoms with Gasteiger partial charge in [0.05, 0.1) is 13.2 Å². The summed E-state index contributed by atoms with van der Waals surface area (Å²) >= 11 is 0. The number of aromatic amines is 1. The molecule has 4 rings (SSSR count). The van der Waals surface area contributed by atoms with E-state index in [0.29, 0.717) is 55.6 Å². The number of amides is 1. The average Bonchev–Trinajstić information content (AvgIpc) is 3.55. The third-order valence-corrected chi connectivity index (χ3v) is 6.08. The number of hydrogen-bond donors (Lipinski definition) is 1. The first-order valence-corrected chi connectivity index (χ1v) is 10.3. The van der Waals surface area contributed by atoms with Gasteiger partial charge in [-0.2, -0.15) is 0 Å². The molecule has 0 bridgehead atoms. The van der Waals surface area contributed by atoms with Crippen molar-refractivity contribution in [1.29, 1.82) is 0 Å². The Hall–Kier alpha value is -1.89. The van der Waals surface area contributed by atoms with Crippen molar-refractivity contribution in [3.8, 4) is 0 Å². The van der Waals surface area contributed by atoms with Crippen LogP contribution in [0, 0.1) is 12.8 Å². The quantitative estimate of drug-likeness (QED) is 0.785. The lowest BCUT2D eigenvalue weighted by molar-refractivity contribution is -0.134. The molecule has 148 valence electrons. The molecule has 2 aliphatic carbocycles. The van der Waals surface area contributed by atoms with Crippen LogP contribution in [0.1, 0.15) is 50.3 Å². The molecule has 1 saturated heterocycles. The molecule has 1 N–H and O–H groups in total. The number of rotatable bonds is 7. The Kier molecular flexibility index (Phi) is 5.21. The molecule has 0 unspecified atom stereocenters. The van der Waals surface area contributed by atoms with E-state index in [1.807, 2.05) is 11.8 Å². The number of carbonyl (C=O) groups is 1. The van der Waals surface area contributed by atoms with Crippen molar-refractivity contribution in [2.45, 2.75) is 64.5 Å². The fourth-order valence-corrected chi connectivity index (χ4v) is 4.10. The minimum Gasteiger partial charge on any atom is -0.378 e. The Labute approximate surface area is 160 Å². The van der Waals surface area contributed by atoms with Gasteiger partial charge in [-0.3, -0.25) is 14.6 Å². The summed E-state index contributed by atoms with van der Waals surface area (Å²) in [4.78, 5) is 37.1. The summed E-state index contributed by atoms with van der Waals surface area (Å²) in [6.07, 6.45) is 5.57. The third-order valence-electron chi connectivity index (χ3n) is 6.08. The van der Waals surface area contributed by atoms with Gasteiger partial charge in [-0.1, -0.05) is 0 Å². The predicted molar refractivity (Wildman–Crippen MR) is 103 cm³/mol. The summed E-state index contributed by atoms with van der Waals surface area (Å²) in [5, 5.41) is 0. The average molecular weight is 374 g/mol. The minimum atomic E-state index is -0.120. The van der Waals surface area contributed by atoms with Crippen molar-refractivity contribution >= 4 is 11.9 Å². The fraction of sp³-hybridized carbons (Fsp3) is 0.750. The van der Waals surface area contributed by atoms with Gasteiger partial charge in [-0.15, -0.1) is 0 Å². The summed E-state index contributed by atoms with van der Waals surface area (Å²) in [6.45, 7) is 6.81. The van der Waals surface area contributed by atoms with E-state index in [-0.39, 0.29) is 11.5 Å². The number of H-pyrrole nitrogens is 1. The highest BCUT2D eigenvalue weighted by Crippen LogP contribution is 2.40. The van der Waals surface area contributed by atoms with Gasteiger partial charge in [-0.05, 0) is 51.9 Å². The molecule has 2 saturated carbocycles. The maximum atomic E-state index is 12.9. The Balaban J connectivity index is 1.42. The largest absolute Gasteiger partial charge is 0.378 e. The molecular formula is C20H30N4O3. The molecular weight excluding hydrogens is 344 g/mol. The molecule has 7 nitrogen and oxygen atoms in total. The molecule has 27 heavy (non-hydrogen) atoms. The second-order valence-electron chi connectivity index (χ2n) is 8.16. The lowest BCUT2D eigenvalue weighted by Gasteiger charge is -2.30. The number of nitrogens with zero attached hydrogens (tertiary/aromatic N) is 3. The normalized spacial score (nSPS) is 21.2. The van der Waals surface area contributed by atoms with Crippen molar-refractivity contribution < 1.29 is 9.53 Å². The first kappa shape index (κ1) is 18.5. The highest BCUT2D eigenvalue weighted by atomic mass is 16.5. The summed E-state index contributed by atoms with van der Waals surface area (Å²) in [6, 6.07) is 0.764. The Bertz CT molecular complexity index is 748. The highest BCUT2D eigenvalue weighted by molar-refractivity contribution is 5.77. The number of anilines is 1. The smallest absolute Gasteiger partial charge is 0.255 e. The molecule has 1 aromatic rings. The van der Waals surface area contributed by atoms with Crippen LogP contribution in [0.4, 0.5) is 5.95 Å². The molecule has 0 spiro atoms. The summed E-state index contributed by atoms with van der Waals surface area (Å²) in [5.74, 6) is 1.47. The van der Waals surface area contributed by atoms with Crippen molar-refractivity contribution in [3.63, 3.8) is 0 Å². The predicted octanol–water partition coefficient (Wildman–Crippen LogP) is 1.64. The minimum absolute atomic E-state index is 0.120. The van der Waals surface area contributed by atoms with Crippen LogP contribution >= 0.6 is 0 Å². The molecule has 3 aliphatic rings. The van der Waals surface area contributed by atoms with E-state index in [1.165, 1.54) is 12.8 Å². The summed E-state index contributed by atoms with van der Waals surface area (Å²) in [5.41, 5.74) is 1.24. The number of hydrogen-bond acceptors (Lipinski definition) is 5. The van der Waals surface area contributed by atoms with Crippen molar-refractivity contribution in [1.82, 2.24) is 14.9 Å². The van der Waals surface area contributed by atoms with Gasteiger partial charge in [0.15, 0.2) is 0 Å². The molecule has 3 fully saturated rings. The van der Waals surface area contributed by atoms with Crippen LogP contribution < -0.4 is 10.5 Å². The number of morpholine rings is 1. The van der Waals surface area contributed by atoms with Crippen LogP contribution in [0.5, 0.6) is 0 Å². The molecule has 1 aliphatic heterocycles. The monoisotopic (exact) mass is 374 g/mol. The van der Waals surface area contributed by atoms with E-state index in [4.69, 9.17) is 4.74 Å². The Morgan fingerprint density at radius 1 is 1.30 bits per heavy atom. The van der Waals surface area contributed by atoms with Gasteiger partial charge in [0.25, 0.3) is 5.56 Å². The van der Waals surface area contributed by atoms with Crippen molar-refractivity contribution in [3.05, 3.63) is 21.6 Å². The summed E-state index contributed by atoms with van der Waals surface area (Å²) < 4.78 is 5.35. The zero-order valence-corrected chi connectivity index (χ0v) is 16.4. The van der Waals surface area contributed by atoms with Crippen LogP contribution in [0.3, 0.4) is 0 Å². The second-order valence-corrected chi connectivity index (χ2v) is 8.16. The topological polar surface area (TPSA) is 78.5 Å². The van der Waals surface area contributed by atoms with Gasteiger partial charge in [-0.25, -0.2) is 4.98 Å². The number of aromatic nitrogens is 2. The first-order chi connectivity index (χ1) is 13.0. The molecule has 7 heteroatoms. The lowest BCUT2D eigenvalue weighted by Crippen LogP contribution is -2.42. The van der Waals surface area contributed by atoms with E-state index in [0.717, 1.165) is 31.6 Å². The van der Waals surface area contributed by atoms with Crippen LogP contribution in [-0.2, 0) is 16.0 Å². The van der Waals surface area contributed by atoms with Crippen LogP contribution in [0.15, 0.2) is 4.79 Å². The second kappa shape index (κ2) is 7.62. The van der Waals surface area contributed by atoms with Gasteiger partial charge >= 0.3 is 0 Å². The Morgan fingerprint density at radius 3 is 2.59 bits per heavy atom. The maximum absolute atomic E-state index is 12.9. The van der Waals surface area contributed by atoms with E-state index in [2.05, 4.69) is 21.8 Å². The zero-order chi connectivity index (χ0) is 19.0. The van der Waals surface area contributed by atoms with E-state index in [1.54, 1.807) is 0 Å². The molecule has 1 atom stereocenters. The standard InChI is InChI=1S/C20H30N4O3/c1-13-17(19(26)22-20(21-13)23-9-11-27-12-10-23)7-8-18(25)24(16-5-6-16)14(2)15-3-4-15/h14-16H,3-12H2,1-2H3,(H,21,22,26)/t14-/m1/s1. The Morgan fingerprint density at radius 2 is 2.00 bits per heavy atom. The van der Waals surface area contributed by atoms with Crippen molar-refractivity contribution in [2.24, 2.45) is 5.92 Å². The number of ether oxygens (including phenoxy) is 1. The lowest BCUT2D eigenvalue weighted by atomic mass is 10.1. The van der Waals surface area contributed by atoms with E-state index >= 15 is 0 Å². The van der Waals surface area contributed by atoms with Crippen LogP contribution in [0.2, 0.25) is 0 Å². The zero-order valence-electron chi connectivity index (χ0n) is 16.4. The van der Waals surface area contributed by atoms with Crippen molar-refractivity contribution in [2.75, 3.05) is 31.2 Å². The van der Waals surface area contributed by atoms with Gasteiger partial charge < -0.3 is 14.5 Å². The third kappa shape index (κ3) is 4.18. The number of aryl methyl sites for hydroxylation is 1. The van der Waals surface area contributed by atoms with E-state index < -0.39 is 0 Å². The van der Waals surface area contributed by atoms with Crippen LogP contribution in [0.25, 0.3) is 0 Å². The fourth-order valence-electron chi connectivity index (χ4n) is 4.10. The highest BCUT2D eigenvalue weighted by Gasteiger charge is 2.41. The molecule has 0 aromatic carbocycles. The molecule has 1 amide bonds. The van der Waals surface area contributed by atoms with Gasteiger partial charge in [0, 0.05) is 42.9 Å². The van der Waals surface area contributed by atoms with Gasteiger partial charge in [0.1, 0.15) is 0 Å². The van der Waals surface area contributed by atoms with E-state index in [9.17, 15) is 9.59 Å². The maximum Gasteiger partial charge on any atom is 0.255 e. The van der Waals surface area contributed by atoms with Gasteiger partial charge in [0.2, 0.25) is 11.9 Å².